The summed E-state index contributed by atoms with van der Waals surface area (Å²) < 4.78 is -0.205. The predicted octanol–water partition coefficient (Wildman–Crippen LogP) is -2.18. The van der Waals surface area contributed by atoms with Crippen molar-refractivity contribution in [3.8, 4) is 0 Å². The predicted molar refractivity (Wildman–Crippen MR) is 133 cm³/mol. The van der Waals surface area contributed by atoms with Crippen molar-refractivity contribution in [3.05, 3.63) is 24.5 Å². The molecule has 0 aromatic heterocycles. The number of benzene rings is 1. The average molecular weight is 696 g/mol. The summed E-state index contributed by atoms with van der Waals surface area (Å²) in [5.41, 5.74) is -0.605. The van der Waals surface area contributed by atoms with E-state index in [0.29, 0.717) is 0 Å². The zero-order valence-corrected chi connectivity index (χ0v) is 22.9. The molecule has 13 nitrogen and oxygen atoms in total. The van der Waals surface area contributed by atoms with E-state index in [1.54, 1.807) is 0 Å². The Morgan fingerprint density at radius 1 is 0.714 bits per heavy atom. The molecule has 0 bridgehead atoms. The average Bonchev–Trinajstić information content (AvgIpc) is 2.84. The minimum Gasteiger partial charge on any atom is -0.394 e. The largest absolute Gasteiger partial charge is 0.394 e. The fourth-order valence-electron chi connectivity index (χ4n) is 2.69. The van der Waals surface area contributed by atoms with Crippen molar-refractivity contribution in [1.82, 2.24) is 10.6 Å². The lowest BCUT2D eigenvalue weighted by molar-refractivity contribution is -0.121. The molecule has 0 saturated heterocycles. The molecule has 0 spiro atoms. The van der Waals surface area contributed by atoms with Gasteiger partial charge in [0, 0.05) is 17.6 Å². The molecule has 9 N–H and O–H groups in total. The summed E-state index contributed by atoms with van der Waals surface area (Å²) in [6.45, 7) is -4.25. The van der Waals surface area contributed by atoms with E-state index in [1.165, 1.54) is 0 Å². The number of carbonyl (C=O) groups is 3. The van der Waals surface area contributed by atoms with Crippen LogP contribution in [0.25, 0.3) is 0 Å². The van der Waals surface area contributed by atoms with Crippen molar-refractivity contribution in [2.75, 3.05) is 51.0 Å². The molecule has 1 aromatic carbocycles. The van der Waals surface area contributed by atoms with Gasteiger partial charge in [-0.2, -0.15) is 0 Å². The molecule has 35 heavy (non-hydrogen) atoms. The van der Waals surface area contributed by atoms with E-state index in [2.05, 4.69) is 58.4 Å². The second kappa shape index (κ2) is 15.1. The summed E-state index contributed by atoms with van der Waals surface area (Å²) in [4.78, 5) is 39.3. The lowest BCUT2D eigenvalue weighted by Crippen LogP contribution is -2.42. The SMILES string of the molecule is O=C(NCC(O)CO)c1c(Br)c(C(=O)NCC(O)CO)c(Br)c(N(CC(O)CO)C(=O)CO)c1Br. The minimum absolute atomic E-state index is 0.0638. The van der Waals surface area contributed by atoms with Gasteiger partial charge in [0.25, 0.3) is 17.7 Å². The van der Waals surface area contributed by atoms with Gasteiger partial charge in [-0.3, -0.25) is 14.4 Å². The Labute approximate surface area is 225 Å². The Hall–Kier alpha value is -1.21. The van der Waals surface area contributed by atoms with Crippen LogP contribution in [0.1, 0.15) is 20.7 Å². The first-order chi connectivity index (χ1) is 16.4. The Morgan fingerprint density at radius 3 is 1.46 bits per heavy atom. The standard InChI is InChI=1S/C19H26Br3N3O10/c20-14-12(18(34)23-1-8(30)4-26)15(21)17(25(11(33)7-29)3-10(32)6-28)16(22)13(14)19(35)24-2-9(31)5-27/h8-10,26-32H,1-7H2,(H,23,34)(H,24,35). The molecule has 1 aromatic rings. The fraction of sp³-hybridized carbons (Fsp3) is 0.526. The zero-order chi connectivity index (χ0) is 26.9. The number of aliphatic hydroxyl groups excluding tert-OH is 7. The molecule has 0 heterocycles. The third-order valence-electron chi connectivity index (χ3n) is 4.48. The molecule has 0 aliphatic heterocycles. The summed E-state index contributed by atoms with van der Waals surface area (Å²) in [5.74, 6) is -2.62. The van der Waals surface area contributed by atoms with Gasteiger partial charge in [0.05, 0.1) is 70.4 Å². The number of aliphatic hydroxyl groups is 7. The van der Waals surface area contributed by atoms with Crippen molar-refractivity contribution in [2.24, 2.45) is 0 Å². The molecular formula is C19H26Br3N3O10. The van der Waals surface area contributed by atoms with Crippen LogP contribution in [0.5, 0.6) is 0 Å². The molecule has 0 fully saturated rings. The Balaban J connectivity index is 3.78. The van der Waals surface area contributed by atoms with E-state index in [-0.39, 0.29) is 43.3 Å². The van der Waals surface area contributed by atoms with Gasteiger partial charge in [-0.1, -0.05) is 0 Å². The van der Waals surface area contributed by atoms with E-state index in [4.69, 9.17) is 10.2 Å². The number of nitrogens with one attached hydrogen (secondary N) is 2. The second-order valence-electron chi connectivity index (χ2n) is 7.13. The summed E-state index contributed by atoms with van der Waals surface area (Å²) in [5, 5.41) is 70.5. The zero-order valence-electron chi connectivity index (χ0n) is 18.1. The molecule has 3 unspecified atom stereocenters. The van der Waals surface area contributed by atoms with Gasteiger partial charge < -0.3 is 51.3 Å². The molecule has 0 aliphatic carbocycles. The van der Waals surface area contributed by atoms with Crippen molar-refractivity contribution >= 4 is 71.2 Å². The summed E-state index contributed by atoms with van der Waals surface area (Å²) in [7, 11) is 0. The fourth-order valence-corrected chi connectivity index (χ4v) is 5.82. The normalized spacial score (nSPS) is 13.7. The van der Waals surface area contributed by atoms with Crippen LogP contribution < -0.4 is 15.5 Å². The highest BCUT2D eigenvalue weighted by atomic mass is 79.9. The van der Waals surface area contributed by atoms with Crippen LogP contribution in [0.3, 0.4) is 0 Å². The van der Waals surface area contributed by atoms with Gasteiger partial charge in [-0.15, -0.1) is 0 Å². The van der Waals surface area contributed by atoms with Crippen molar-refractivity contribution in [2.45, 2.75) is 18.3 Å². The number of halogens is 3. The molecule has 1 rings (SSSR count). The lowest BCUT2D eigenvalue weighted by atomic mass is 10.1. The van der Waals surface area contributed by atoms with Gasteiger partial charge in [-0.05, 0) is 47.8 Å². The third-order valence-corrected chi connectivity index (χ3v) is 6.81. The van der Waals surface area contributed by atoms with Crippen LogP contribution in [-0.4, -0.2) is 118 Å². The maximum atomic E-state index is 13.0. The number of rotatable bonds is 13. The molecule has 0 aliphatic rings. The minimum atomic E-state index is -1.44. The van der Waals surface area contributed by atoms with Gasteiger partial charge in [0.15, 0.2) is 0 Å². The molecule has 3 amide bonds. The first-order valence-electron chi connectivity index (χ1n) is 9.99. The van der Waals surface area contributed by atoms with Crippen molar-refractivity contribution in [3.63, 3.8) is 0 Å². The van der Waals surface area contributed by atoms with E-state index < -0.39 is 69.0 Å². The number of amides is 3. The summed E-state index contributed by atoms with van der Waals surface area (Å²) >= 11 is 9.62. The highest BCUT2D eigenvalue weighted by Crippen LogP contribution is 2.44. The van der Waals surface area contributed by atoms with Crippen LogP contribution in [-0.2, 0) is 4.79 Å². The van der Waals surface area contributed by atoms with Gasteiger partial charge in [0.2, 0.25) is 0 Å². The van der Waals surface area contributed by atoms with Crippen LogP contribution in [0.15, 0.2) is 13.4 Å². The molecule has 0 radical (unpaired) electrons. The van der Waals surface area contributed by atoms with Crippen LogP contribution in [0, 0.1) is 0 Å². The molecule has 0 saturated carbocycles. The van der Waals surface area contributed by atoms with E-state index >= 15 is 0 Å². The van der Waals surface area contributed by atoms with Gasteiger partial charge in [0.1, 0.15) is 6.61 Å². The maximum Gasteiger partial charge on any atom is 0.253 e. The van der Waals surface area contributed by atoms with Crippen LogP contribution in [0.4, 0.5) is 5.69 Å². The summed E-state index contributed by atoms with van der Waals surface area (Å²) in [6, 6.07) is 0. The van der Waals surface area contributed by atoms with Crippen molar-refractivity contribution in [1.29, 1.82) is 0 Å². The number of nitrogens with zero attached hydrogens (tertiary/aromatic N) is 1. The topological polar surface area (TPSA) is 220 Å². The van der Waals surface area contributed by atoms with E-state index in [9.17, 15) is 39.9 Å². The number of carbonyl (C=O) groups excluding carboxylic acids is 3. The molecule has 198 valence electrons. The monoisotopic (exact) mass is 693 g/mol. The van der Waals surface area contributed by atoms with Crippen molar-refractivity contribution < 1.29 is 50.1 Å². The highest BCUT2D eigenvalue weighted by molar-refractivity contribution is 9.11. The van der Waals surface area contributed by atoms with Gasteiger partial charge >= 0.3 is 0 Å². The Morgan fingerprint density at radius 2 is 1.11 bits per heavy atom. The smallest absolute Gasteiger partial charge is 0.253 e. The molecule has 3 atom stereocenters. The van der Waals surface area contributed by atoms with Crippen LogP contribution >= 0.6 is 47.8 Å². The Kier molecular flexibility index (Phi) is 13.8. The highest BCUT2D eigenvalue weighted by Gasteiger charge is 2.33. The number of hydrogen-bond donors (Lipinski definition) is 9. The van der Waals surface area contributed by atoms with Gasteiger partial charge in [-0.25, -0.2) is 0 Å². The first kappa shape index (κ1) is 31.8. The Bertz CT molecular complexity index is 868. The lowest BCUT2D eigenvalue weighted by Gasteiger charge is -2.29. The molecule has 16 heteroatoms. The number of hydrogen-bond acceptors (Lipinski definition) is 10. The number of anilines is 1. The maximum absolute atomic E-state index is 13.0. The second-order valence-corrected chi connectivity index (χ2v) is 9.51. The molecular weight excluding hydrogens is 670 g/mol. The van der Waals surface area contributed by atoms with Crippen LogP contribution in [0.2, 0.25) is 0 Å². The quantitative estimate of drug-likeness (QED) is 0.109. The van der Waals surface area contributed by atoms with E-state index in [1.807, 2.05) is 0 Å². The third kappa shape index (κ3) is 8.41. The summed E-state index contributed by atoms with van der Waals surface area (Å²) in [6.07, 6.45) is -4.00. The van der Waals surface area contributed by atoms with E-state index in [0.717, 1.165) is 4.90 Å². The first-order valence-corrected chi connectivity index (χ1v) is 12.4.